The Morgan fingerprint density at radius 2 is 1.08 bits per heavy atom. The predicted octanol–water partition coefficient (Wildman–Crippen LogP) is 15.3. The fourth-order valence-electron chi connectivity index (χ4n) is 8.83. The lowest BCUT2D eigenvalue weighted by atomic mass is 9.96. The molecule has 2 aromatic heterocycles. The number of nitrogens with zero attached hydrogens (tertiary/aromatic N) is 2. The Bertz CT molecular complexity index is 3570. The van der Waals surface area contributed by atoms with Crippen molar-refractivity contribution >= 4 is 92.2 Å². The highest BCUT2D eigenvalue weighted by molar-refractivity contribution is 7.27. The van der Waals surface area contributed by atoms with Gasteiger partial charge >= 0.3 is 0 Å². The van der Waals surface area contributed by atoms with Gasteiger partial charge < -0.3 is 4.42 Å². The average molecular weight is 771 g/mol. The van der Waals surface area contributed by atoms with Gasteiger partial charge in [-0.25, -0.2) is 9.98 Å². The standard InChI is InChI=1S/C55H34N2OS/c1-2-11-34(12-3-1)36-21-24-38(25-22-36)48-31-32-49(40-26-23-35-13-4-5-15-39(35)33-40)57-55(56-48)47-30-29-42(52-51(47)46-17-8-9-20-50(46)58-52)43-18-10-19-44-45-28-27-37-14-6-7-16-41(37)53(45)59-54(43)44/h1-31,33H,32H2. The second-order valence-corrected chi connectivity index (χ2v) is 16.2. The number of allylic oxidation sites excluding steroid dienone is 1. The Hall–Kier alpha value is -7.40. The molecule has 0 unspecified atom stereocenters. The summed E-state index contributed by atoms with van der Waals surface area (Å²) in [5, 5.41) is 9.53. The minimum atomic E-state index is 0.636. The van der Waals surface area contributed by atoms with Crippen molar-refractivity contribution in [3.8, 4) is 22.3 Å². The van der Waals surface area contributed by atoms with Crippen molar-refractivity contribution < 1.29 is 4.42 Å². The van der Waals surface area contributed by atoms with E-state index in [1.165, 1.54) is 52.8 Å². The van der Waals surface area contributed by atoms with Gasteiger partial charge in [0.2, 0.25) is 0 Å². The van der Waals surface area contributed by atoms with Gasteiger partial charge in [-0.05, 0) is 68.1 Å². The minimum Gasteiger partial charge on any atom is -0.455 e. The van der Waals surface area contributed by atoms with Crippen LogP contribution in [-0.2, 0) is 0 Å². The normalized spacial score (nSPS) is 13.3. The average Bonchev–Trinajstić information content (AvgIpc) is 3.81. The monoisotopic (exact) mass is 770 g/mol. The van der Waals surface area contributed by atoms with E-state index in [9.17, 15) is 0 Å². The Labute approximate surface area is 344 Å². The maximum atomic E-state index is 6.91. The van der Waals surface area contributed by atoms with Crippen molar-refractivity contribution in [2.24, 2.45) is 9.98 Å². The highest BCUT2D eigenvalue weighted by Crippen LogP contribution is 2.46. The molecule has 4 heteroatoms. The highest BCUT2D eigenvalue weighted by atomic mass is 32.1. The van der Waals surface area contributed by atoms with Crippen LogP contribution < -0.4 is 0 Å². The molecule has 0 radical (unpaired) electrons. The van der Waals surface area contributed by atoms with Gasteiger partial charge in [0, 0.05) is 54.1 Å². The lowest BCUT2D eigenvalue weighted by Gasteiger charge is -2.11. The Kier molecular flexibility index (Phi) is 7.78. The van der Waals surface area contributed by atoms with E-state index in [2.05, 4.69) is 188 Å². The first-order valence-electron chi connectivity index (χ1n) is 20.0. The molecule has 9 aromatic carbocycles. The zero-order valence-corrected chi connectivity index (χ0v) is 32.7. The first-order valence-corrected chi connectivity index (χ1v) is 20.8. The van der Waals surface area contributed by atoms with Gasteiger partial charge in [-0.3, -0.25) is 0 Å². The number of furan rings is 1. The van der Waals surface area contributed by atoms with Crippen molar-refractivity contribution in [1.29, 1.82) is 0 Å². The number of rotatable bonds is 5. The number of amidine groups is 1. The molecule has 0 amide bonds. The van der Waals surface area contributed by atoms with E-state index in [1.54, 1.807) is 0 Å². The highest BCUT2D eigenvalue weighted by Gasteiger charge is 2.23. The van der Waals surface area contributed by atoms with E-state index in [4.69, 9.17) is 14.4 Å². The topological polar surface area (TPSA) is 37.9 Å². The quantitative estimate of drug-likeness (QED) is 0.172. The lowest BCUT2D eigenvalue weighted by Crippen LogP contribution is -2.05. The Morgan fingerprint density at radius 1 is 0.424 bits per heavy atom. The Morgan fingerprint density at radius 3 is 1.97 bits per heavy atom. The summed E-state index contributed by atoms with van der Waals surface area (Å²) in [6.07, 6.45) is 2.86. The predicted molar refractivity (Wildman–Crippen MR) is 251 cm³/mol. The van der Waals surface area contributed by atoms with E-state index in [0.29, 0.717) is 12.3 Å². The van der Waals surface area contributed by atoms with Crippen LogP contribution in [0.4, 0.5) is 0 Å². The second-order valence-electron chi connectivity index (χ2n) is 15.2. The number of fused-ring (bicyclic) bond motifs is 9. The molecule has 59 heavy (non-hydrogen) atoms. The summed E-state index contributed by atoms with van der Waals surface area (Å²) >= 11 is 1.86. The molecule has 11 aromatic rings. The molecular formula is C55H34N2OS. The van der Waals surface area contributed by atoms with Gasteiger partial charge in [0.15, 0.2) is 5.84 Å². The van der Waals surface area contributed by atoms with Gasteiger partial charge in [0.25, 0.3) is 0 Å². The van der Waals surface area contributed by atoms with Gasteiger partial charge in [0.1, 0.15) is 11.2 Å². The van der Waals surface area contributed by atoms with E-state index >= 15 is 0 Å². The molecule has 3 heterocycles. The van der Waals surface area contributed by atoms with Gasteiger partial charge in [-0.15, -0.1) is 11.3 Å². The zero-order valence-electron chi connectivity index (χ0n) is 31.9. The molecule has 0 saturated carbocycles. The summed E-state index contributed by atoms with van der Waals surface area (Å²) in [5.74, 6) is 0.665. The first kappa shape index (κ1) is 33.7. The summed E-state index contributed by atoms with van der Waals surface area (Å²) < 4.78 is 9.47. The van der Waals surface area contributed by atoms with Crippen molar-refractivity contribution in [3.05, 3.63) is 211 Å². The number of benzene rings is 9. The second kappa shape index (κ2) is 13.6. The zero-order chi connectivity index (χ0) is 38.9. The molecule has 0 atom stereocenters. The minimum absolute atomic E-state index is 0.636. The van der Waals surface area contributed by atoms with E-state index in [-0.39, 0.29) is 0 Å². The van der Waals surface area contributed by atoms with Gasteiger partial charge in [-0.2, -0.15) is 0 Å². The molecule has 3 nitrogen and oxygen atoms in total. The van der Waals surface area contributed by atoms with Crippen molar-refractivity contribution in [2.45, 2.75) is 6.42 Å². The molecule has 0 fully saturated rings. The van der Waals surface area contributed by atoms with Crippen LogP contribution in [0.25, 0.3) is 91.6 Å². The van der Waals surface area contributed by atoms with Gasteiger partial charge in [0.05, 0.1) is 11.4 Å². The first-order chi connectivity index (χ1) is 29.2. The summed E-state index contributed by atoms with van der Waals surface area (Å²) in [6, 6.07) is 67.0. The molecule has 1 aliphatic heterocycles. The van der Waals surface area contributed by atoms with E-state index in [1.807, 2.05) is 17.4 Å². The maximum Gasteiger partial charge on any atom is 0.160 e. The van der Waals surface area contributed by atoms with Crippen LogP contribution in [0.1, 0.15) is 23.1 Å². The van der Waals surface area contributed by atoms with Crippen molar-refractivity contribution in [3.63, 3.8) is 0 Å². The number of hydrogen-bond donors (Lipinski definition) is 0. The van der Waals surface area contributed by atoms with Crippen LogP contribution in [0, 0.1) is 0 Å². The van der Waals surface area contributed by atoms with Crippen LogP contribution in [0.2, 0.25) is 0 Å². The molecule has 0 bridgehead atoms. The summed E-state index contributed by atoms with van der Waals surface area (Å²) in [6.45, 7) is 0. The number of hydrogen-bond acceptors (Lipinski definition) is 4. The third kappa shape index (κ3) is 5.64. The molecule has 276 valence electrons. The molecule has 0 N–H and O–H groups in total. The number of para-hydroxylation sites is 1. The number of thiophene rings is 1. The molecule has 12 rings (SSSR count). The van der Waals surface area contributed by atoms with Crippen molar-refractivity contribution in [1.82, 2.24) is 0 Å². The van der Waals surface area contributed by atoms with E-state index < -0.39 is 0 Å². The molecule has 1 aliphatic rings. The summed E-state index contributed by atoms with van der Waals surface area (Å²) in [4.78, 5) is 10.9. The molecule has 0 saturated heterocycles. The third-order valence-corrected chi connectivity index (χ3v) is 13.1. The number of aliphatic imine (C=N–C) groups is 2. The fraction of sp³-hybridized carbons (Fsp3) is 0.0182. The van der Waals surface area contributed by atoms with Crippen LogP contribution in [0.15, 0.2) is 209 Å². The van der Waals surface area contributed by atoms with Crippen molar-refractivity contribution in [2.75, 3.05) is 0 Å². The largest absolute Gasteiger partial charge is 0.455 e. The van der Waals surface area contributed by atoms with Crippen LogP contribution >= 0.6 is 11.3 Å². The summed E-state index contributed by atoms with van der Waals surface area (Å²) in [7, 11) is 0. The third-order valence-electron chi connectivity index (χ3n) is 11.8. The van der Waals surface area contributed by atoms with E-state index in [0.717, 1.165) is 61.2 Å². The summed E-state index contributed by atoms with van der Waals surface area (Å²) in [5.41, 5.74) is 11.2. The maximum absolute atomic E-state index is 6.91. The molecule has 0 aliphatic carbocycles. The fourth-order valence-corrected chi connectivity index (χ4v) is 10.2. The van der Waals surface area contributed by atoms with Crippen LogP contribution in [0.3, 0.4) is 0 Å². The van der Waals surface area contributed by atoms with Crippen LogP contribution in [-0.4, -0.2) is 11.5 Å². The molecule has 0 spiro atoms. The van der Waals surface area contributed by atoms with Crippen LogP contribution in [0.5, 0.6) is 0 Å². The smallest absolute Gasteiger partial charge is 0.160 e. The SMILES string of the molecule is C1=C(c2ccc(-c3ccccc3)cc2)N=C(c2ccc(-c3cccc4c3sc3c5ccccc5ccc43)c3oc4ccccc4c23)N=C(c2ccc3ccccc3c2)C1. The Balaban J connectivity index is 1.07. The van der Waals surface area contributed by atoms with Gasteiger partial charge in [-0.1, -0.05) is 170 Å². The molecular weight excluding hydrogens is 737 g/mol. The lowest BCUT2D eigenvalue weighted by molar-refractivity contribution is 0.670.